The molecule has 2 aromatic carbocycles. The minimum atomic E-state index is 0.566. The Kier molecular flexibility index (Phi) is 4.68. The van der Waals surface area contributed by atoms with Crippen LogP contribution in [0.15, 0.2) is 42.5 Å². The molecule has 1 N–H and O–H groups in total. The number of para-hydroxylation sites is 1. The normalized spacial score (nSPS) is 16.9. The highest BCUT2D eigenvalue weighted by molar-refractivity contribution is 5.90. The van der Waals surface area contributed by atoms with Crippen LogP contribution in [0.25, 0.3) is 10.9 Å². The van der Waals surface area contributed by atoms with E-state index in [1.54, 1.807) is 0 Å². The van der Waals surface area contributed by atoms with Crippen molar-refractivity contribution in [1.82, 2.24) is 14.9 Å². The summed E-state index contributed by atoms with van der Waals surface area (Å²) in [6.07, 6.45) is 0. The number of morpholine rings is 1. The number of hydrogen-bond donors (Lipinski definition) is 1. The Labute approximate surface area is 163 Å². The third kappa shape index (κ3) is 3.58. The summed E-state index contributed by atoms with van der Waals surface area (Å²) in [4.78, 5) is 11.9. The van der Waals surface area contributed by atoms with Crippen molar-refractivity contribution < 1.29 is 14.2 Å². The van der Waals surface area contributed by atoms with E-state index in [0.29, 0.717) is 19.8 Å². The van der Waals surface area contributed by atoms with E-state index in [1.165, 1.54) is 0 Å². The van der Waals surface area contributed by atoms with Gasteiger partial charge >= 0.3 is 0 Å². The Morgan fingerprint density at radius 1 is 0.893 bits per heavy atom. The van der Waals surface area contributed by atoms with Gasteiger partial charge in [-0.15, -0.1) is 0 Å². The van der Waals surface area contributed by atoms with E-state index in [2.05, 4.69) is 10.2 Å². The number of hydrogen-bond acceptors (Lipinski definition) is 7. The smallest absolute Gasteiger partial charge is 0.163 e. The maximum Gasteiger partial charge on any atom is 0.163 e. The van der Waals surface area contributed by atoms with Crippen molar-refractivity contribution in [3.05, 3.63) is 48.3 Å². The molecule has 2 aliphatic heterocycles. The second kappa shape index (κ2) is 7.61. The zero-order valence-corrected chi connectivity index (χ0v) is 15.6. The first-order valence-corrected chi connectivity index (χ1v) is 9.57. The predicted molar refractivity (Wildman–Crippen MR) is 106 cm³/mol. The van der Waals surface area contributed by atoms with Gasteiger partial charge in [-0.2, -0.15) is 0 Å². The van der Waals surface area contributed by atoms with Crippen molar-refractivity contribution in [3.63, 3.8) is 0 Å². The molecule has 144 valence electrons. The lowest BCUT2D eigenvalue weighted by Gasteiger charge is -2.26. The number of fused-ring (bicyclic) bond motifs is 2. The van der Waals surface area contributed by atoms with Gasteiger partial charge in [-0.05, 0) is 24.3 Å². The van der Waals surface area contributed by atoms with Gasteiger partial charge in [0.25, 0.3) is 0 Å². The Balaban J connectivity index is 1.47. The summed E-state index contributed by atoms with van der Waals surface area (Å²) >= 11 is 0. The topological polar surface area (TPSA) is 68.7 Å². The van der Waals surface area contributed by atoms with E-state index in [9.17, 15) is 0 Å². The minimum Gasteiger partial charge on any atom is -0.486 e. The van der Waals surface area contributed by atoms with Gasteiger partial charge in [-0.1, -0.05) is 12.1 Å². The molecular formula is C21H22N4O3. The molecule has 0 atom stereocenters. The first-order chi connectivity index (χ1) is 13.8. The Morgan fingerprint density at radius 3 is 2.61 bits per heavy atom. The SMILES string of the molecule is c1ccc2c(Nc3ccc4c(c3)OCCO4)nc(CN3CCOCC3)nc2c1. The summed E-state index contributed by atoms with van der Waals surface area (Å²) in [5, 5.41) is 4.43. The van der Waals surface area contributed by atoms with E-state index < -0.39 is 0 Å². The summed E-state index contributed by atoms with van der Waals surface area (Å²) in [5.74, 6) is 3.13. The van der Waals surface area contributed by atoms with Crippen LogP contribution >= 0.6 is 0 Å². The summed E-state index contributed by atoms with van der Waals surface area (Å²) in [7, 11) is 0. The molecule has 1 fully saturated rings. The lowest BCUT2D eigenvalue weighted by Crippen LogP contribution is -2.36. The standard InChI is InChI=1S/C21H22N4O3/c1-2-4-17-16(3-1)21(24-20(23-17)14-25-7-9-26-10-8-25)22-15-5-6-18-19(13-15)28-12-11-27-18/h1-6,13H,7-12,14H2,(H,22,23,24). The third-order valence-electron chi connectivity index (χ3n) is 4.92. The maximum atomic E-state index is 5.70. The van der Waals surface area contributed by atoms with Gasteiger partial charge in [-0.3, -0.25) is 4.90 Å². The number of nitrogens with one attached hydrogen (secondary N) is 1. The number of anilines is 2. The lowest BCUT2D eigenvalue weighted by atomic mass is 10.2. The average Bonchev–Trinajstić information content (AvgIpc) is 2.74. The number of nitrogens with zero attached hydrogens (tertiary/aromatic N) is 3. The molecule has 1 saturated heterocycles. The fourth-order valence-electron chi connectivity index (χ4n) is 3.51. The Bertz CT molecular complexity index is 989. The molecule has 0 bridgehead atoms. The number of rotatable bonds is 4. The molecule has 3 aromatic rings. The van der Waals surface area contributed by atoms with Crippen molar-refractivity contribution in [1.29, 1.82) is 0 Å². The highest BCUT2D eigenvalue weighted by Gasteiger charge is 2.16. The third-order valence-corrected chi connectivity index (χ3v) is 4.92. The van der Waals surface area contributed by atoms with Crippen LogP contribution in [0.2, 0.25) is 0 Å². The van der Waals surface area contributed by atoms with Gasteiger partial charge in [0.2, 0.25) is 0 Å². The summed E-state index contributed by atoms with van der Waals surface area (Å²) in [6.45, 7) is 5.19. The molecule has 0 spiro atoms. The molecule has 0 radical (unpaired) electrons. The molecule has 0 unspecified atom stereocenters. The van der Waals surface area contributed by atoms with E-state index in [1.807, 2.05) is 42.5 Å². The molecule has 1 aromatic heterocycles. The zero-order valence-electron chi connectivity index (χ0n) is 15.6. The van der Waals surface area contributed by atoms with Crippen LogP contribution in [-0.4, -0.2) is 54.4 Å². The lowest BCUT2D eigenvalue weighted by molar-refractivity contribution is 0.0331. The van der Waals surface area contributed by atoms with Crippen LogP contribution in [0.3, 0.4) is 0 Å². The molecule has 0 saturated carbocycles. The monoisotopic (exact) mass is 378 g/mol. The highest BCUT2D eigenvalue weighted by atomic mass is 16.6. The van der Waals surface area contributed by atoms with Gasteiger partial charge in [0.15, 0.2) is 11.5 Å². The van der Waals surface area contributed by atoms with Crippen molar-refractivity contribution in [2.24, 2.45) is 0 Å². The first kappa shape index (κ1) is 17.2. The van der Waals surface area contributed by atoms with Crippen molar-refractivity contribution in [2.75, 3.05) is 44.8 Å². The van der Waals surface area contributed by atoms with Gasteiger partial charge in [-0.25, -0.2) is 9.97 Å². The average molecular weight is 378 g/mol. The quantitative estimate of drug-likeness (QED) is 0.748. The summed E-state index contributed by atoms with van der Waals surface area (Å²) in [6, 6.07) is 13.9. The Hall–Kier alpha value is -2.90. The van der Waals surface area contributed by atoms with E-state index in [-0.39, 0.29) is 0 Å². The predicted octanol–water partition coefficient (Wildman–Crippen LogP) is 2.98. The van der Waals surface area contributed by atoms with Crippen molar-refractivity contribution in [2.45, 2.75) is 6.54 Å². The van der Waals surface area contributed by atoms with Gasteiger partial charge < -0.3 is 19.5 Å². The van der Waals surface area contributed by atoms with Gasteiger partial charge in [0.1, 0.15) is 24.9 Å². The minimum absolute atomic E-state index is 0.566. The molecule has 7 nitrogen and oxygen atoms in total. The maximum absolute atomic E-state index is 5.70. The largest absolute Gasteiger partial charge is 0.486 e. The van der Waals surface area contributed by atoms with Crippen LogP contribution in [-0.2, 0) is 11.3 Å². The Morgan fingerprint density at radius 2 is 1.71 bits per heavy atom. The molecule has 2 aliphatic rings. The molecule has 28 heavy (non-hydrogen) atoms. The van der Waals surface area contributed by atoms with Crippen molar-refractivity contribution >= 4 is 22.4 Å². The fraction of sp³-hybridized carbons (Fsp3) is 0.333. The molecule has 5 rings (SSSR count). The summed E-state index contributed by atoms with van der Waals surface area (Å²) < 4.78 is 16.7. The molecular weight excluding hydrogens is 356 g/mol. The number of aromatic nitrogens is 2. The summed E-state index contributed by atoms with van der Waals surface area (Å²) in [5.41, 5.74) is 1.84. The van der Waals surface area contributed by atoms with Gasteiger partial charge in [0.05, 0.1) is 25.3 Å². The van der Waals surface area contributed by atoms with Crippen LogP contribution in [0.5, 0.6) is 11.5 Å². The van der Waals surface area contributed by atoms with Crippen LogP contribution in [0, 0.1) is 0 Å². The number of benzene rings is 2. The molecule has 3 heterocycles. The molecule has 0 aliphatic carbocycles. The number of ether oxygens (including phenoxy) is 3. The fourth-order valence-corrected chi connectivity index (χ4v) is 3.51. The van der Waals surface area contributed by atoms with Crippen molar-refractivity contribution in [3.8, 4) is 11.5 Å². The second-order valence-corrected chi connectivity index (χ2v) is 6.88. The highest BCUT2D eigenvalue weighted by Crippen LogP contribution is 2.34. The van der Waals surface area contributed by atoms with E-state index in [0.717, 1.165) is 66.0 Å². The van der Waals surface area contributed by atoms with E-state index >= 15 is 0 Å². The van der Waals surface area contributed by atoms with Crippen LogP contribution in [0.4, 0.5) is 11.5 Å². The molecule has 7 heteroatoms. The van der Waals surface area contributed by atoms with Crippen LogP contribution < -0.4 is 14.8 Å². The first-order valence-electron chi connectivity index (χ1n) is 9.57. The van der Waals surface area contributed by atoms with E-state index in [4.69, 9.17) is 24.2 Å². The zero-order chi connectivity index (χ0) is 18.8. The van der Waals surface area contributed by atoms with Crippen LogP contribution in [0.1, 0.15) is 5.82 Å². The second-order valence-electron chi connectivity index (χ2n) is 6.88. The molecule has 0 amide bonds. The van der Waals surface area contributed by atoms with Gasteiger partial charge in [0, 0.05) is 30.2 Å².